The highest BCUT2D eigenvalue weighted by Gasteiger charge is 2.53. The minimum Gasteiger partial charge on any atom is -0.359 e. The lowest BCUT2D eigenvalue weighted by Crippen LogP contribution is -2.47. The maximum Gasteiger partial charge on any atom is 0.243 e. The lowest BCUT2D eigenvalue weighted by Gasteiger charge is -2.33. The first-order valence-electron chi connectivity index (χ1n) is 6.05. The molecule has 1 saturated carbocycles. The van der Waals surface area contributed by atoms with Crippen LogP contribution in [0, 0.1) is 22.7 Å². The summed E-state index contributed by atoms with van der Waals surface area (Å²) in [7, 11) is 1.61. The van der Waals surface area contributed by atoms with Crippen molar-refractivity contribution in [2.45, 2.75) is 25.7 Å². The summed E-state index contributed by atoms with van der Waals surface area (Å²) < 4.78 is 0. The normalized spacial score (nSPS) is 25.9. The first-order valence-corrected chi connectivity index (χ1v) is 6.05. The molecule has 1 aliphatic heterocycles. The van der Waals surface area contributed by atoms with Crippen LogP contribution in [0.1, 0.15) is 25.7 Å². The average Bonchev–Trinajstić information content (AvgIpc) is 3.18. The van der Waals surface area contributed by atoms with Gasteiger partial charge in [0.05, 0.1) is 12.0 Å². The van der Waals surface area contributed by atoms with Gasteiger partial charge in [-0.1, -0.05) is 0 Å². The Morgan fingerprint density at radius 3 is 2.71 bits per heavy atom. The molecule has 0 aromatic rings. The fraction of sp³-hybridized carbons (Fsp3) is 0.750. The van der Waals surface area contributed by atoms with Crippen LogP contribution in [-0.4, -0.2) is 36.9 Å². The number of hydrogen-bond donors (Lipinski definition) is 1. The monoisotopic (exact) mass is 235 g/mol. The van der Waals surface area contributed by atoms with Crippen LogP contribution in [0.15, 0.2) is 0 Å². The molecule has 0 spiro atoms. The summed E-state index contributed by atoms with van der Waals surface area (Å²) in [5, 5.41) is 11.6. The number of carbonyl (C=O) groups excluding carboxylic acids is 2. The smallest absolute Gasteiger partial charge is 0.243 e. The highest BCUT2D eigenvalue weighted by molar-refractivity contribution is 5.89. The maximum absolute atomic E-state index is 12.1. The number of nitriles is 1. The third kappa shape index (κ3) is 2.12. The quantitative estimate of drug-likeness (QED) is 0.747. The van der Waals surface area contributed by atoms with Crippen molar-refractivity contribution in [2.24, 2.45) is 11.3 Å². The molecular formula is C12H17N3O2. The summed E-state index contributed by atoms with van der Waals surface area (Å²) in [6, 6.07) is 2.12. The average molecular weight is 235 g/mol. The van der Waals surface area contributed by atoms with E-state index in [0.29, 0.717) is 25.9 Å². The minimum absolute atomic E-state index is 0.00990. The van der Waals surface area contributed by atoms with Crippen LogP contribution in [0.2, 0.25) is 0 Å². The summed E-state index contributed by atoms with van der Waals surface area (Å²) in [6.07, 6.45) is 3.00. The van der Waals surface area contributed by atoms with Crippen molar-refractivity contribution in [3.63, 3.8) is 0 Å². The minimum atomic E-state index is -0.759. The van der Waals surface area contributed by atoms with Crippen LogP contribution in [0.25, 0.3) is 0 Å². The van der Waals surface area contributed by atoms with E-state index >= 15 is 0 Å². The van der Waals surface area contributed by atoms with E-state index in [1.165, 1.54) is 0 Å². The number of nitrogens with one attached hydrogen (secondary N) is 1. The van der Waals surface area contributed by atoms with Crippen LogP contribution in [0.3, 0.4) is 0 Å². The lowest BCUT2D eigenvalue weighted by atomic mass is 9.95. The topological polar surface area (TPSA) is 73.2 Å². The van der Waals surface area contributed by atoms with Crippen LogP contribution < -0.4 is 5.32 Å². The Morgan fingerprint density at radius 2 is 2.18 bits per heavy atom. The van der Waals surface area contributed by atoms with Gasteiger partial charge in [-0.25, -0.2) is 0 Å². The van der Waals surface area contributed by atoms with E-state index in [2.05, 4.69) is 11.4 Å². The van der Waals surface area contributed by atoms with E-state index in [1.54, 1.807) is 11.9 Å². The van der Waals surface area contributed by atoms with Crippen LogP contribution in [-0.2, 0) is 9.59 Å². The Kier molecular flexibility index (Phi) is 3.05. The van der Waals surface area contributed by atoms with Gasteiger partial charge in [-0.05, 0) is 25.7 Å². The summed E-state index contributed by atoms with van der Waals surface area (Å²) in [5.74, 6) is -0.204. The predicted octanol–water partition coefficient (Wildman–Crippen LogP) is 0.275. The van der Waals surface area contributed by atoms with Gasteiger partial charge in [-0.2, -0.15) is 5.26 Å². The Morgan fingerprint density at radius 1 is 1.47 bits per heavy atom. The molecule has 0 radical (unpaired) electrons. The molecule has 1 aliphatic carbocycles. The standard InChI is InChI=1S/C12H17N3O2/c1-14-10(16)9-3-2-6-15(7-9)11(17)12(8-13)4-5-12/h9H,2-7H2,1H3,(H,14,16). The fourth-order valence-corrected chi connectivity index (χ4v) is 2.38. The van der Waals surface area contributed by atoms with Gasteiger partial charge in [-0.3, -0.25) is 9.59 Å². The summed E-state index contributed by atoms with van der Waals surface area (Å²) in [4.78, 5) is 25.4. The molecule has 1 heterocycles. The summed E-state index contributed by atoms with van der Waals surface area (Å²) in [5.41, 5.74) is -0.759. The molecule has 92 valence electrons. The van der Waals surface area contributed by atoms with Crippen LogP contribution in [0.4, 0.5) is 0 Å². The maximum atomic E-state index is 12.1. The largest absolute Gasteiger partial charge is 0.359 e. The van der Waals surface area contributed by atoms with E-state index in [-0.39, 0.29) is 17.7 Å². The molecule has 2 aliphatic rings. The molecule has 0 aromatic carbocycles. The molecule has 2 amide bonds. The van der Waals surface area contributed by atoms with E-state index in [9.17, 15) is 9.59 Å². The van der Waals surface area contributed by atoms with Crippen molar-refractivity contribution in [2.75, 3.05) is 20.1 Å². The second-order valence-corrected chi connectivity index (χ2v) is 4.90. The molecule has 5 heteroatoms. The van der Waals surface area contributed by atoms with Gasteiger partial charge in [0.2, 0.25) is 11.8 Å². The third-order valence-corrected chi connectivity index (χ3v) is 3.70. The summed E-state index contributed by atoms with van der Waals surface area (Å²) >= 11 is 0. The van der Waals surface area contributed by atoms with Gasteiger partial charge in [0.25, 0.3) is 0 Å². The molecule has 1 saturated heterocycles. The van der Waals surface area contributed by atoms with E-state index in [4.69, 9.17) is 5.26 Å². The molecule has 17 heavy (non-hydrogen) atoms. The second-order valence-electron chi connectivity index (χ2n) is 4.90. The summed E-state index contributed by atoms with van der Waals surface area (Å²) in [6.45, 7) is 1.14. The highest BCUT2D eigenvalue weighted by atomic mass is 16.2. The van der Waals surface area contributed by atoms with Gasteiger partial charge in [-0.15, -0.1) is 0 Å². The van der Waals surface area contributed by atoms with E-state index < -0.39 is 5.41 Å². The van der Waals surface area contributed by atoms with Gasteiger partial charge in [0.15, 0.2) is 0 Å². The Hall–Kier alpha value is -1.57. The molecule has 0 aromatic heterocycles. The van der Waals surface area contributed by atoms with Crippen molar-refractivity contribution in [1.82, 2.24) is 10.2 Å². The van der Waals surface area contributed by atoms with Crippen molar-refractivity contribution in [3.05, 3.63) is 0 Å². The third-order valence-electron chi connectivity index (χ3n) is 3.70. The Bertz CT molecular complexity index is 382. The molecule has 0 bridgehead atoms. The Labute approximate surface area is 101 Å². The number of amides is 2. The lowest BCUT2D eigenvalue weighted by molar-refractivity contribution is -0.138. The van der Waals surface area contributed by atoms with E-state index in [1.807, 2.05) is 0 Å². The zero-order chi connectivity index (χ0) is 12.5. The number of carbonyl (C=O) groups is 2. The van der Waals surface area contributed by atoms with E-state index in [0.717, 1.165) is 12.8 Å². The zero-order valence-corrected chi connectivity index (χ0v) is 10.0. The van der Waals surface area contributed by atoms with Crippen molar-refractivity contribution in [3.8, 4) is 6.07 Å². The number of hydrogen-bond acceptors (Lipinski definition) is 3. The molecule has 1 unspecified atom stereocenters. The zero-order valence-electron chi connectivity index (χ0n) is 10.0. The van der Waals surface area contributed by atoms with Gasteiger partial charge in [0, 0.05) is 20.1 Å². The molecule has 2 fully saturated rings. The highest BCUT2D eigenvalue weighted by Crippen LogP contribution is 2.46. The number of rotatable bonds is 2. The predicted molar refractivity (Wildman–Crippen MR) is 60.7 cm³/mol. The Balaban J connectivity index is 2.01. The van der Waals surface area contributed by atoms with Crippen molar-refractivity contribution >= 4 is 11.8 Å². The fourth-order valence-electron chi connectivity index (χ4n) is 2.38. The van der Waals surface area contributed by atoms with Crippen molar-refractivity contribution < 1.29 is 9.59 Å². The molecule has 2 rings (SSSR count). The number of piperidine rings is 1. The van der Waals surface area contributed by atoms with Gasteiger partial charge < -0.3 is 10.2 Å². The van der Waals surface area contributed by atoms with Crippen LogP contribution >= 0.6 is 0 Å². The molecular weight excluding hydrogens is 218 g/mol. The number of nitrogens with zero attached hydrogens (tertiary/aromatic N) is 2. The van der Waals surface area contributed by atoms with Gasteiger partial charge in [0.1, 0.15) is 5.41 Å². The van der Waals surface area contributed by atoms with Crippen molar-refractivity contribution in [1.29, 1.82) is 5.26 Å². The second kappa shape index (κ2) is 4.36. The molecule has 1 atom stereocenters. The first kappa shape index (κ1) is 11.9. The molecule has 5 nitrogen and oxygen atoms in total. The molecule has 1 N–H and O–H groups in total. The first-order chi connectivity index (χ1) is 8.13. The van der Waals surface area contributed by atoms with Gasteiger partial charge >= 0.3 is 0 Å². The number of likely N-dealkylation sites (tertiary alicyclic amines) is 1. The SMILES string of the molecule is CNC(=O)C1CCCN(C(=O)C2(C#N)CC2)C1. The van der Waals surface area contributed by atoms with Crippen LogP contribution in [0.5, 0.6) is 0 Å².